The molecule has 24 heavy (non-hydrogen) atoms. The molecule has 1 aromatic carbocycles. The molecule has 1 N–H and O–H groups in total. The average Bonchev–Trinajstić information content (AvgIpc) is 2.88. The Balaban J connectivity index is 2.11. The van der Waals surface area contributed by atoms with Gasteiger partial charge in [0.25, 0.3) is 0 Å². The lowest BCUT2D eigenvalue weighted by Gasteiger charge is -2.12. The Kier molecular flexibility index (Phi) is 5.01. The van der Waals surface area contributed by atoms with E-state index in [1.807, 2.05) is 0 Å². The zero-order valence-electron chi connectivity index (χ0n) is 13.3. The van der Waals surface area contributed by atoms with Crippen molar-refractivity contribution in [3.8, 4) is 5.75 Å². The first-order valence-corrected chi connectivity index (χ1v) is 6.89. The molecule has 0 radical (unpaired) electrons. The van der Waals surface area contributed by atoms with Crippen molar-refractivity contribution in [3.05, 3.63) is 41.2 Å². The van der Waals surface area contributed by atoms with Crippen molar-refractivity contribution in [2.24, 2.45) is 7.05 Å². The lowest BCUT2D eigenvalue weighted by molar-refractivity contribution is -0.144. The number of amides is 1. The van der Waals surface area contributed by atoms with E-state index >= 15 is 0 Å². The molecule has 0 saturated heterocycles. The molecule has 130 valence electrons. The van der Waals surface area contributed by atoms with Gasteiger partial charge in [-0.3, -0.25) is 10.00 Å². The highest BCUT2D eigenvalue weighted by Crippen LogP contribution is 2.32. The van der Waals surface area contributed by atoms with Gasteiger partial charge >= 0.3 is 12.3 Å². The Bertz CT molecular complexity index is 741. The SMILES string of the molecule is COC(=O)Nc1ccc(OCc2cnn(C)c2C(F)(F)F)cc1C. The molecule has 0 aliphatic carbocycles. The summed E-state index contributed by atoms with van der Waals surface area (Å²) in [4.78, 5) is 11.2. The number of aromatic nitrogens is 2. The van der Waals surface area contributed by atoms with Crippen LogP contribution in [0.3, 0.4) is 0 Å². The molecule has 0 bridgehead atoms. The van der Waals surface area contributed by atoms with Gasteiger partial charge in [0, 0.05) is 18.3 Å². The van der Waals surface area contributed by atoms with Crippen LogP contribution in [0.4, 0.5) is 23.7 Å². The van der Waals surface area contributed by atoms with Gasteiger partial charge in [0.05, 0.1) is 13.3 Å². The summed E-state index contributed by atoms with van der Waals surface area (Å²) in [5, 5.41) is 6.14. The Labute approximate surface area is 136 Å². The Hall–Kier alpha value is -2.71. The van der Waals surface area contributed by atoms with Gasteiger partial charge in [-0.1, -0.05) is 0 Å². The first kappa shape index (κ1) is 17.6. The number of anilines is 1. The molecule has 2 rings (SSSR count). The number of nitrogens with zero attached hydrogens (tertiary/aromatic N) is 2. The number of hydrogen-bond donors (Lipinski definition) is 1. The number of rotatable bonds is 4. The molecule has 0 aliphatic heterocycles. The molecule has 2 aromatic rings. The molecule has 0 atom stereocenters. The maximum Gasteiger partial charge on any atom is 0.433 e. The maximum absolute atomic E-state index is 13.0. The quantitative estimate of drug-likeness (QED) is 0.923. The number of carbonyl (C=O) groups is 1. The van der Waals surface area contributed by atoms with Gasteiger partial charge in [-0.2, -0.15) is 18.3 Å². The summed E-state index contributed by atoms with van der Waals surface area (Å²) in [6, 6.07) is 4.73. The number of halogens is 3. The number of ether oxygens (including phenoxy) is 2. The number of aryl methyl sites for hydroxylation is 2. The third-order valence-corrected chi connectivity index (χ3v) is 3.30. The molecule has 1 aromatic heterocycles. The van der Waals surface area contributed by atoms with Crippen molar-refractivity contribution in [2.75, 3.05) is 12.4 Å². The predicted octanol–water partition coefficient (Wildman–Crippen LogP) is 3.50. The fraction of sp³-hybridized carbons (Fsp3) is 0.333. The van der Waals surface area contributed by atoms with E-state index < -0.39 is 18.0 Å². The first-order valence-electron chi connectivity index (χ1n) is 6.89. The first-order chi connectivity index (χ1) is 11.2. The summed E-state index contributed by atoms with van der Waals surface area (Å²) in [6.45, 7) is 1.45. The minimum atomic E-state index is -4.51. The highest BCUT2D eigenvalue weighted by Gasteiger charge is 2.37. The van der Waals surface area contributed by atoms with Gasteiger partial charge in [0.15, 0.2) is 0 Å². The number of nitrogens with one attached hydrogen (secondary N) is 1. The number of alkyl halides is 3. The van der Waals surface area contributed by atoms with Crippen molar-refractivity contribution in [1.82, 2.24) is 9.78 Å². The summed E-state index contributed by atoms with van der Waals surface area (Å²) in [6.07, 6.45) is -3.99. The number of hydrogen-bond acceptors (Lipinski definition) is 4. The fourth-order valence-electron chi connectivity index (χ4n) is 2.14. The van der Waals surface area contributed by atoms with Crippen molar-refractivity contribution in [2.45, 2.75) is 19.7 Å². The van der Waals surface area contributed by atoms with Crippen LogP contribution < -0.4 is 10.1 Å². The van der Waals surface area contributed by atoms with E-state index in [0.717, 1.165) is 10.9 Å². The molecule has 0 saturated carbocycles. The molecule has 1 heterocycles. The van der Waals surface area contributed by atoms with Crippen LogP contribution in [-0.4, -0.2) is 23.0 Å². The second kappa shape index (κ2) is 6.81. The monoisotopic (exact) mass is 343 g/mol. The van der Waals surface area contributed by atoms with Crippen LogP contribution in [-0.2, 0) is 24.6 Å². The number of benzene rings is 1. The fourth-order valence-corrected chi connectivity index (χ4v) is 2.14. The van der Waals surface area contributed by atoms with Gasteiger partial charge < -0.3 is 9.47 Å². The van der Waals surface area contributed by atoms with Crippen LogP contribution in [0.25, 0.3) is 0 Å². The average molecular weight is 343 g/mol. The molecule has 6 nitrogen and oxygen atoms in total. The highest BCUT2D eigenvalue weighted by molar-refractivity contribution is 5.85. The van der Waals surface area contributed by atoms with Gasteiger partial charge in [0.1, 0.15) is 18.1 Å². The van der Waals surface area contributed by atoms with Crippen LogP contribution in [0.15, 0.2) is 24.4 Å². The lowest BCUT2D eigenvalue weighted by Crippen LogP contribution is -2.15. The van der Waals surface area contributed by atoms with E-state index in [2.05, 4.69) is 15.2 Å². The van der Waals surface area contributed by atoms with Crippen molar-refractivity contribution in [3.63, 3.8) is 0 Å². The molecular weight excluding hydrogens is 327 g/mol. The normalized spacial score (nSPS) is 11.2. The zero-order chi connectivity index (χ0) is 17.9. The maximum atomic E-state index is 13.0. The Morgan fingerprint density at radius 2 is 2.08 bits per heavy atom. The predicted molar refractivity (Wildman–Crippen MR) is 79.7 cm³/mol. The number of carbonyl (C=O) groups excluding carboxylic acids is 1. The van der Waals surface area contributed by atoms with E-state index in [0.29, 0.717) is 17.0 Å². The molecule has 0 aliphatic rings. The second-order valence-corrected chi connectivity index (χ2v) is 5.02. The minimum Gasteiger partial charge on any atom is -0.489 e. The zero-order valence-corrected chi connectivity index (χ0v) is 13.3. The van der Waals surface area contributed by atoms with Gasteiger partial charge in [0.2, 0.25) is 0 Å². The van der Waals surface area contributed by atoms with Crippen LogP contribution in [0.2, 0.25) is 0 Å². The Morgan fingerprint density at radius 3 is 2.67 bits per heavy atom. The van der Waals surface area contributed by atoms with Crippen molar-refractivity contribution >= 4 is 11.8 Å². The summed E-state index contributed by atoms with van der Waals surface area (Å²) in [7, 11) is 2.47. The highest BCUT2D eigenvalue weighted by atomic mass is 19.4. The summed E-state index contributed by atoms with van der Waals surface area (Å²) in [5.41, 5.74) is 0.300. The van der Waals surface area contributed by atoms with Crippen molar-refractivity contribution in [1.29, 1.82) is 0 Å². The topological polar surface area (TPSA) is 65.4 Å². The van der Waals surface area contributed by atoms with Crippen molar-refractivity contribution < 1.29 is 27.4 Å². The molecule has 1 amide bonds. The minimum absolute atomic E-state index is 0.0561. The molecule has 0 unspecified atom stereocenters. The van der Waals surface area contributed by atoms with Gasteiger partial charge in [-0.05, 0) is 30.7 Å². The standard InChI is InChI=1S/C15H16F3N3O3/c1-9-6-11(4-5-12(9)20-14(22)23-3)24-8-10-7-19-21(2)13(10)15(16,17)18/h4-7H,8H2,1-3H3,(H,20,22). The van der Waals surface area contributed by atoms with Crippen LogP contribution in [0, 0.1) is 6.92 Å². The second-order valence-electron chi connectivity index (χ2n) is 5.02. The molecule has 0 fully saturated rings. The summed E-state index contributed by atoms with van der Waals surface area (Å²) >= 11 is 0. The van der Waals surface area contributed by atoms with E-state index in [-0.39, 0.29) is 12.2 Å². The Morgan fingerprint density at radius 1 is 1.38 bits per heavy atom. The third kappa shape index (κ3) is 3.98. The van der Waals surface area contributed by atoms with E-state index in [1.165, 1.54) is 14.2 Å². The number of methoxy groups -OCH3 is 1. The summed E-state index contributed by atoms with van der Waals surface area (Å²) < 4.78 is 49.6. The van der Waals surface area contributed by atoms with Crippen LogP contribution in [0.1, 0.15) is 16.8 Å². The van der Waals surface area contributed by atoms with E-state index in [4.69, 9.17) is 4.74 Å². The molecular formula is C15H16F3N3O3. The van der Waals surface area contributed by atoms with Gasteiger partial charge in [-0.25, -0.2) is 4.79 Å². The lowest BCUT2D eigenvalue weighted by atomic mass is 10.2. The molecule has 9 heteroatoms. The van der Waals surface area contributed by atoms with E-state index in [1.54, 1.807) is 25.1 Å². The molecule has 0 spiro atoms. The van der Waals surface area contributed by atoms with Gasteiger partial charge in [-0.15, -0.1) is 0 Å². The summed E-state index contributed by atoms with van der Waals surface area (Å²) in [5.74, 6) is 0.375. The van der Waals surface area contributed by atoms with E-state index in [9.17, 15) is 18.0 Å². The van der Waals surface area contributed by atoms with Crippen LogP contribution in [0.5, 0.6) is 5.75 Å². The van der Waals surface area contributed by atoms with Crippen LogP contribution >= 0.6 is 0 Å². The largest absolute Gasteiger partial charge is 0.489 e. The third-order valence-electron chi connectivity index (χ3n) is 3.30. The smallest absolute Gasteiger partial charge is 0.433 e.